The van der Waals surface area contributed by atoms with E-state index in [2.05, 4.69) is 31.9 Å². The molecule has 2 fully saturated rings. The third kappa shape index (κ3) is 1.93. The van der Waals surface area contributed by atoms with Gasteiger partial charge in [-0.15, -0.1) is 0 Å². The molecule has 0 aromatic carbocycles. The molecule has 17 heavy (non-hydrogen) atoms. The number of ether oxygens (including phenoxy) is 2. The molecular formula is C11H14Br2O4. The number of esters is 2. The first-order valence-electron chi connectivity index (χ1n) is 5.46. The van der Waals surface area contributed by atoms with E-state index in [1.54, 1.807) is 0 Å². The molecule has 0 N–H and O–H groups in total. The Morgan fingerprint density at radius 3 is 1.59 bits per heavy atom. The minimum absolute atomic E-state index is 0.140. The van der Waals surface area contributed by atoms with Gasteiger partial charge in [0.1, 0.15) is 0 Å². The predicted molar refractivity (Wildman–Crippen MR) is 68.0 cm³/mol. The summed E-state index contributed by atoms with van der Waals surface area (Å²) >= 11 is 7.18. The summed E-state index contributed by atoms with van der Waals surface area (Å²) < 4.78 is 9.62. The fourth-order valence-corrected chi connectivity index (χ4v) is 5.06. The highest BCUT2D eigenvalue weighted by Gasteiger charge is 2.62. The van der Waals surface area contributed by atoms with Crippen LogP contribution in [0.4, 0.5) is 0 Å². The number of alkyl halides is 2. The predicted octanol–water partition coefficient (Wildman–Crippen LogP) is 1.74. The van der Waals surface area contributed by atoms with Crippen molar-refractivity contribution < 1.29 is 19.1 Å². The molecule has 2 saturated carbocycles. The Labute approximate surface area is 117 Å². The molecule has 0 unspecified atom stereocenters. The normalized spacial score (nSPS) is 43.5. The van der Waals surface area contributed by atoms with Crippen LogP contribution in [0.2, 0.25) is 0 Å². The third-order valence-corrected chi connectivity index (χ3v) is 7.13. The highest BCUT2D eigenvalue weighted by Crippen LogP contribution is 2.57. The van der Waals surface area contributed by atoms with Gasteiger partial charge in [-0.2, -0.15) is 0 Å². The van der Waals surface area contributed by atoms with Crippen molar-refractivity contribution in [3.05, 3.63) is 0 Å². The molecule has 4 nitrogen and oxygen atoms in total. The fraction of sp³-hybridized carbons (Fsp3) is 0.818. The Morgan fingerprint density at radius 2 is 1.29 bits per heavy atom. The van der Waals surface area contributed by atoms with Gasteiger partial charge in [-0.3, -0.25) is 9.59 Å². The second kappa shape index (κ2) is 4.88. The molecule has 0 aromatic rings. The molecule has 2 aliphatic carbocycles. The SMILES string of the molecule is COC(=O)[C@H]1[C@@H]2C[C@@H]([C@@H](Br)[C@H]2Br)[C@@H]1C(=O)OC. The summed E-state index contributed by atoms with van der Waals surface area (Å²) in [5.74, 6) is -1.10. The van der Waals surface area contributed by atoms with Crippen LogP contribution < -0.4 is 0 Å². The Hall–Kier alpha value is -0.100. The van der Waals surface area contributed by atoms with E-state index in [0.717, 1.165) is 6.42 Å². The summed E-state index contributed by atoms with van der Waals surface area (Å²) in [7, 11) is 2.72. The number of fused-ring (bicyclic) bond motifs is 2. The van der Waals surface area contributed by atoms with Crippen LogP contribution in [0.15, 0.2) is 0 Å². The van der Waals surface area contributed by atoms with Crippen molar-refractivity contribution in [1.82, 2.24) is 0 Å². The number of carbonyl (C=O) groups is 2. The molecule has 6 atom stereocenters. The lowest BCUT2D eigenvalue weighted by molar-refractivity contribution is -0.159. The Balaban J connectivity index is 2.29. The lowest BCUT2D eigenvalue weighted by Crippen LogP contribution is -2.44. The van der Waals surface area contributed by atoms with Crippen LogP contribution >= 0.6 is 31.9 Å². The topological polar surface area (TPSA) is 52.6 Å². The first kappa shape index (κ1) is 13.3. The molecule has 0 amide bonds. The maximum Gasteiger partial charge on any atom is 0.309 e. The smallest absolute Gasteiger partial charge is 0.309 e. The van der Waals surface area contributed by atoms with E-state index in [4.69, 9.17) is 9.47 Å². The van der Waals surface area contributed by atoms with E-state index < -0.39 is 0 Å². The number of rotatable bonds is 2. The highest BCUT2D eigenvalue weighted by atomic mass is 79.9. The first-order valence-corrected chi connectivity index (χ1v) is 7.29. The minimum Gasteiger partial charge on any atom is -0.469 e. The molecule has 0 spiro atoms. The summed E-state index contributed by atoms with van der Waals surface area (Å²) in [5.41, 5.74) is 0. The van der Waals surface area contributed by atoms with Crippen molar-refractivity contribution in [3.8, 4) is 0 Å². The first-order chi connectivity index (χ1) is 8.02. The minimum atomic E-state index is -0.379. The van der Waals surface area contributed by atoms with Crippen molar-refractivity contribution >= 4 is 43.8 Å². The van der Waals surface area contributed by atoms with E-state index in [1.807, 2.05) is 0 Å². The zero-order valence-electron chi connectivity index (χ0n) is 9.56. The van der Waals surface area contributed by atoms with Crippen LogP contribution in [0, 0.1) is 23.7 Å². The zero-order chi connectivity index (χ0) is 12.7. The average Bonchev–Trinajstić information content (AvgIpc) is 2.85. The van der Waals surface area contributed by atoms with Crippen LogP contribution in [0.5, 0.6) is 0 Å². The standard InChI is InChI=1S/C11H14Br2O4/c1-16-10(14)6-4-3-5(9(13)8(4)12)7(6)11(15)17-2/h4-9H,3H2,1-2H3/t4-,5+,6-,7-,8-,9+/m0/s1. The van der Waals surface area contributed by atoms with Crippen LogP contribution in [-0.2, 0) is 19.1 Å². The van der Waals surface area contributed by atoms with Gasteiger partial charge in [0.05, 0.1) is 26.1 Å². The van der Waals surface area contributed by atoms with Crippen LogP contribution in [0.3, 0.4) is 0 Å². The van der Waals surface area contributed by atoms with E-state index in [-0.39, 0.29) is 45.3 Å². The Morgan fingerprint density at radius 1 is 0.941 bits per heavy atom. The molecule has 0 saturated heterocycles. The van der Waals surface area contributed by atoms with Gasteiger partial charge in [-0.1, -0.05) is 31.9 Å². The monoisotopic (exact) mass is 368 g/mol. The zero-order valence-corrected chi connectivity index (χ0v) is 12.7. The van der Waals surface area contributed by atoms with Gasteiger partial charge >= 0.3 is 11.9 Å². The number of methoxy groups -OCH3 is 2. The lowest BCUT2D eigenvalue weighted by atomic mass is 9.79. The molecule has 0 heterocycles. The highest BCUT2D eigenvalue weighted by molar-refractivity contribution is 9.12. The summed E-state index contributed by atoms with van der Waals surface area (Å²) in [4.78, 5) is 24.1. The molecule has 0 aliphatic heterocycles. The van der Waals surface area contributed by atoms with E-state index in [1.165, 1.54) is 14.2 Å². The van der Waals surface area contributed by atoms with Crippen LogP contribution in [-0.4, -0.2) is 35.8 Å². The maximum absolute atomic E-state index is 11.8. The van der Waals surface area contributed by atoms with Crippen LogP contribution in [0.1, 0.15) is 6.42 Å². The van der Waals surface area contributed by atoms with Crippen molar-refractivity contribution in [1.29, 1.82) is 0 Å². The summed E-state index contributed by atoms with van der Waals surface area (Å²) in [6.45, 7) is 0. The molecule has 6 heteroatoms. The Kier molecular flexibility index (Phi) is 3.83. The quantitative estimate of drug-likeness (QED) is 0.549. The second-order valence-corrected chi connectivity index (χ2v) is 6.66. The van der Waals surface area contributed by atoms with E-state index >= 15 is 0 Å². The molecule has 96 valence electrons. The van der Waals surface area contributed by atoms with E-state index in [9.17, 15) is 9.59 Å². The van der Waals surface area contributed by atoms with Gasteiger partial charge < -0.3 is 9.47 Å². The van der Waals surface area contributed by atoms with Gasteiger partial charge in [0.25, 0.3) is 0 Å². The molecule has 2 aliphatic rings. The molecule has 2 rings (SSSR count). The molecule has 0 radical (unpaired) electrons. The number of hydrogen-bond donors (Lipinski definition) is 0. The van der Waals surface area contributed by atoms with Gasteiger partial charge in [0, 0.05) is 9.65 Å². The Bertz CT molecular complexity index is 314. The van der Waals surface area contributed by atoms with Crippen molar-refractivity contribution in [2.75, 3.05) is 14.2 Å². The van der Waals surface area contributed by atoms with Gasteiger partial charge in [0.15, 0.2) is 0 Å². The third-order valence-electron chi connectivity index (χ3n) is 3.92. The van der Waals surface area contributed by atoms with Crippen molar-refractivity contribution in [3.63, 3.8) is 0 Å². The number of hydrogen-bond acceptors (Lipinski definition) is 4. The van der Waals surface area contributed by atoms with Gasteiger partial charge in [-0.05, 0) is 18.3 Å². The van der Waals surface area contributed by atoms with Crippen molar-refractivity contribution in [2.45, 2.75) is 16.1 Å². The largest absolute Gasteiger partial charge is 0.469 e. The molecule has 2 bridgehead atoms. The van der Waals surface area contributed by atoms with Crippen LogP contribution in [0.25, 0.3) is 0 Å². The second-order valence-electron chi connectivity index (χ2n) is 4.55. The van der Waals surface area contributed by atoms with Gasteiger partial charge in [-0.25, -0.2) is 0 Å². The van der Waals surface area contributed by atoms with Gasteiger partial charge in [0.2, 0.25) is 0 Å². The summed E-state index contributed by atoms with van der Waals surface area (Å²) in [6.07, 6.45) is 0.853. The number of carbonyl (C=O) groups excluding carboxylic acids is 2. The fourth-order valence-electron chi connectivity index (χ4n) is 3.18. The van der Waals surface area contributed by atoms with E-state index in [0.29, 0.717) is 0 Å². The molecular weight excluding hydrogens is 356 g/mol. The van der Waals surface area contributed by atoms with Crippen molar-refractivity contribution in [2.24, 2.45) is 23.7 Å². The molecule has 0 aromatic heterocycles. The lowest BCUT2D eigenvalue weighted by Gasteiger charge is -2.33. The summed E-state index contributed by atoms with van der Waals surface area (Å²) in [6, 6.07) is 0. The average molecular weight is 370 g/mol. The number of halogens is 2. The maximum atomic E-state index is 11.8. The summed E-state index contributed by atoms with van der Waals surface area (Å²) in [5, 5.41) is 0.